The summed E-state index contributed by atoms with van der Waals surface area (Å²) in [7, 11) is 0. The molecule has 1 heterocycles. The molecular weight excluding hydrogens is 246 g/mol. The summed E-state index contributed by atoms with van der Waals surface area (Å²) < 4.78 is 5.31. The number of amides is 1. The second kappa shape index (κ2) is 5.30. The molecule has 1 atom stereocenters. The number of benzene rings is 1. The van der Waals surface area contributed by atoms with E-state index in [1.165, 1.54) is 0 Å². The first-order chi connectivity index (χ1) is 8.98. The zero-order valence-corrected chi connectivity index (χ0v) is 10.8. The number of carbonyl (C=O) groups is 2. The summed E-state index contributed by atoms with van der Waals surface area (Å²) in [5, 5.41) is 8.70. The molecule has 1 unspecified atom stereocenters. The molecule has 2 rings (SSSR count). The highest BCUT2D eigenvalue weighted by Crippen LogP contribution is 2.28. The van der Waals surface area contributed by atoms with E-state index in [-0.39, 0.29) is 12.5 Å². The number of carboxylic acids is 1. The van der Waals surface area contributed by atoms with Crippen LogP contribution in [-0.2, 0) is 16.1 Å². The number of hydrogen-bond donors (Lipinski definition) is 1. The van der Waals surface area contributed by atoms with Crippen LogP contribution in [0.15, 0.2) is 30.3 Å². The van der Waals surface area contributed by atoms with Crippen molar-refractivity contribution < 1.29 is 19.4 Å². The Morgan fingerprint density at radius 2 is 2.11 bits per heavy atom. The van der Waals surface area contributed by atoms with Crippen LogP contribution in [0, 0.1) is 0 Å². The first kappa shape index (κ1) is 13.4. The van der Waals surface area contributed by atoms with Crippen molar-refractivity contribution in [2.75, 3.05) is 6.54 Å². The van der Waals surface area contributed by atoms with Crippen LogP contribution in [0.1, 0.15) is 25.3 Å². The van der Waals surface area contributed by atoms with Gasteiger partial charge in [-0.1, -0.05) is 30.3 Å². The van der Waals surface area contributed by atoms with Crippen LogP contribution in [0.5, 0.6) is 0 Å². The van der Waals surface area contributed by atoms with Gasteiger partial charge < -0.3 is 9.84 Å². The molecule has 1 saturated heterocycles. The minimum absolute atomic E-state index is 0.00293. The third-order valence-corrected chi connectivity index (χ3v) is 3.20. The van der Waals surface area contributed by atoms with Crippen LogP contribution in [-0.4, -0.2) is 34.2 Å². The molecule has 5 nitrogen and oxygen atoms in total. The van der Waals surface area contributed by atoms with Gasteiger partial charge in [-0.2, -0.15) is 0 Å². The van der Waals surface area contributed by atoms with Gasteiger partial charge in [0.2, 0.25) is 0 Å². The Morgan fingerprint density at radius 1 is 1.42 bits per heavy atom. The number of carbonyl (C=O) groups excluding carboxylic acids is 1. The smallest absolute Gasteiger partial charge is 0.410 e. The van der Waals surface area contributed by atoms with Crippen molar-refractivity contribution >= 4 is 12.1 Å². The second-order valence-corrected chi connectivity index (χ2v) is 5.05. The summed E-state index contributed by atoms with van der Waals surface area (Å²) >= 11 is 0. The molecule has 0 aromatic heterocycles. The van der Waals surface area contributed by atoms with Crippen LogP contribution in [0.25, 0.3) is 0 Å². The van der Waals surface area contributed by atoms with Gasteiger partial charge >= 0.3 is 12.1 Å². The maximum atomic E-state index is 11.8. The minimum Gasteiger partial charge on any atom is -0.481 e. The van der Waals surface area contributed by atoms with Crippen LogP contribution < -0.4 is 0 Å². The normalized spacial score (nSPS) is 22.4. The summed E-state index contributed by atoms with van der Waals surface area (Å²) in [5.41, 5.74) is 0.325. The number of carboxylic acid groups (broad SMARTS) is 1. The van der Waals surface area contributed by atoms with Gasteiger partial charge in [0.05, 0.1) is 6.54 Å². The van der Waals surface area contributed by atoms with Crippen LogP contribution in [0.4, 0.5) is 4.79 Å². The van der Waals surface area contributed by atoms with Crippen LogP contribution in [0.2, 0.25) is 0 Å². The Bertz CT molecular complexity index is 474. The summed E-state index contributed by atoms with van der Waals surface area (Å²) in [5.74, 6) is -0.876. The lowest BCUT2D eigenvalue weighted by Gasteiger charge is -2.20. The van der Waals surface area contributed by atoms with Crippen LogP contribution in [0.3, 0.4) is 0 Å². The quantitative estimate of drug-likeness (QED) is 0.884. The van der Waals surface area contributed by atoms with Gasteiger partial charge in [-0.05, 0) is 18.9 Å². The molecule has 1 amide bonds. The van der Waals surface area contributed by atoms with E-state index in [0.717, 1.165) is 5.56 Å². The maximum Gasteiger partial charge on any atom is 0.410 e. The van der Waals surface area contributed by atoms with Crippen molar-refractivity contribution in [1.82, 2.24) is 4.90 Å². The van der Waals surface area contributed by atoms with Gasteiger partial charge in [-0.3, -0.25) is 9.69 Å². The van der Waals surface area contributed by atoms with Crippen molar-refractivity contribution in [2.45, 2.75) is 31.9 Å². The molecule has 0 radical (unpaired) electrons. The van der Waals surface area contributed by atoms with E-state index in [2.05, 4.69) is 0 Å². The Labute approximate surface area is 111 Å². The Kier molecular flexibility index (Phi) is 3.74. The van der Waals surface area contributed by atoms with Crippen molar-refractivity contribution in [3.63, 3.8) is 0 Å². The molecule has 1 fully saturated rings. The molecule has 1 aromatic carbocycles. The van der Waals surface area contributed by atoms with E-state index in [1.54, 1.807) is 11.8 Å². The molecule has 0 bridgehead atoms. The monoisotopic (exact) mass is 263 g/mol. The van der Waals surface area contributed by atoms with Crippen molar-refractivity contribution in [2.24, 2.45) is 0 Å². The summed E-state index contributed by atoms with van der Waals surface area (Å²) in [6.07, 6.45) is -0.0424. The maximum absolute atomic E-state index is 11.8. The lowest BCUT2D eigenvalue weighted by atomic mass is 10.00. The first-order valence-corrected chi connectivity index (χ1v) is 6.22. The topological polar surface area (TPSA) is 66.8 Å². The Hall–Kier alpha value is -2.04. The molecule has 102 valence electrons. The van der Waals surface area contributed by atoms with Crippen LogP contribution >= 0.6 is 0 Å². The molecule has 0 aliphatic carbocycles. The fraction of sp³-hybridized carbons (Fsp3) is 0.429. The number of cyclic esters (lactones) is 1. The largest absolute Gasteiger partial charge is 0.481 e. The molecule has 1 N–H and O–H groups in total. The lowest BCUT2D eigenvalue weighted by Crippen LogP contribution is -2.31. The van der Waals surface area contributed by atoms with Gasteiger partial charge in [0, 0.05) is 13.0 Å². The standard InChI is InChI=1S/C14H17NO4/c1-14(8-7-12(16)17)10-15(13(18)19-14)9-11-5-3-2-4-6-11/h2-6H,7-10H2,1H3,(H,16,17). The third-order valence-electron chi connectivity index (χ3n) is 3.20. The average molecular weight is 263 g/mol. The van der Waals surface area contributed by atoms with Gasteiger partial charge in [0.25, 0.3) is 0 Å². The highest BCUT2D eigenvalue weighted by atomic mass is 16.6. The predicted molar refractivity (Wildman–Crippen MR) is 68.6 cm³/mol. The van der Waals surface area contributed by atoms with Gasteiger partial charge in [0.1, 0.15) is 5.60 Å². The van der Waals surface area contributed by atoms with Crippen molar-refractivity contribution in [3.05, 3.63) is 35.9 Å². The zero-order valence-electron chi connectivity index (χ0n) is 10.8. The Balaban J connectivity index is 1.97. The van der Waals surface area contributed by atoms with Crippen molar-refractivity contribution in [3.8, 4) is 0 Å². The summed E-state index contributed by atoms with van der Waals surface area (Å²) in [4.78, 5) is 24.0. The molecule has 19 heavy (non-hydrogen) atoms. The molecule has 5 heteroatoms. The number of ether oxygens (including phenoxy) is 1. The summed E-state index contributed by atoms with van der Waals surface area (Å²) in [6.45, 7) is 2.69. The zero-order chi connectivity index (χ0) is 13.9. The van der Waals surface area contributed by atoms with E-state index in [0.29, 0.717) is 19.5 Å². The number of nitrogens with zero attached hydrogens (tertiary/aromatic N) is 1. The van der Waals surface area contributed by atoms with E-state index >= 15 is 0 Å². The average Bonchev–Trinajstić information content (AvgIpc) is 2.64. The van der Waals surface area contributed by atoms with E-state index in [4.69, 9.17) is 9.84 Å². The number of rotatable bonds is 5. The fourth-order valence-corrected chi connectivity index (χ4v) is 2.20. The van der Waals surface area contributed by atoms with E-state index in [1.807, 2.05) is 30.3 Å². The first-order valence-electron chi connectivity index (χ1n) is 6.22. The van der Waals surface area contributed by atoms with E-state index < -0.39 is 11.6 Å². The lowest BCUT2D eigenvalue weighted by molar-refractivity contribution is -0.138. The van der Waals surface area contributed by atoms with E-state index in [9.17, 15) is 9.59 Å². The Morgan fingerprint density at radius 3 is 2.74 bits per heavy atom. The molecule has 0 spiro atoms. The molecule has 1 aromatic rings. The molecule has 1 aliphatic heterocycles. The number of hydrogen-bond acceptors (Lipinski definition) is 3. The van der Waals surface area contributed by atoms with Crippen molar-refractivity contribution in [1.29, 1.82) is 0 Å². The second-order valence-electron chi connectivity index (χ2n) is 5.05. The minimum atomic E-state index is -0.876. The third kappa shape index (κ3) is 3.47. The molecular formula is C14H17NO4. The molecule has 1 aliphatic rings. The van der Waals surface area contributed by atoms with Gasteiger partial charge in [-0.15, -0.1) is 0 Å². The predicted octanol–water partition coefficient (Wildman–Crippen LogP) is 2.26. The SMILES string of the molecule is CC1(CCC(=O)O)CN(Cc2ccccc2)C(=O)O1. The molecule has 0 saturated carbocycles. The highest BCUT2D eigenvalue weighted by Gasteiger charge is 2.41. The number of aliphatic carboxylic acids is 1. The van der Waals surface area contributed by atoms with Gasteiger partial charge in [0.15, 0.2) is 0 Å². The fourth-order valence-electron chi connectivity index (χ4n) is 2.20. The highest BCUT2D eigenvalue weighted by molar-refractivity contribution is 5.71. The summed E-state index contributed by atoms with van der Waals surface area (Å²) in [6, 6.07) is 9.64. The van der Waals surface area contributed by atoms with Gasteiger partial charge in [-0.25, -0.2) is 4.79 Å².